The minimum Gasteiger partial charge on any atom is -0.483 e. The molecule has 0 aliphatic carbocycles. The number of benzene rings is 2. The number of hydrogen-bond donors (Lipinski definition) is 1. The third kappa shape index (κ3) is 5.97. The van der Waals surface area contributed by atoms with Crippen LogP contribution in [0.4, 0.5) is 0 Å². The van der Waals surface area contributed by atoms with Crippen molar-refractivity contribution in [1.82, 2.24) is 10.2 Å². The van der Waals surface area contributed by atoms with Crippen molar-refractivity contribution in [3.8, 4) is 5.75 Å². The maximum absolute atomic E-state index is 12.9. The molecule has 0 spiro atoms. The molecule has 1 N–H and O–H groups in total. The van der Waals surface area contributed by atoms with E-state index in [0.29, 0.717) is 10.8 Å². The molecule has 0 bridgehead atoms. The van der Waals surface area contributed by atoms with Gasteiger partial charge in [-0.25, -0.2) is 0 Å². The summed E-state index contributed by atoms with van der Waals surface area (Å²) in [5, 5.41) is 3.20. The Morgan fingerprint density at radius 3 is 2.39 bits per heavy atom. The van der Waals surface area contributed by atoms with Crippen molar-refractivity contribution >= 4 is 39.3 Å². The fraction of sp³-hybridized carbons (Fsp3) is 0.333. The van der Waals surface area contributed by atoms with Gasteiger partial charge >= 0.3 is 0 Å². The number of rotatable bonds is 8. The Labute approximate surface area is 179 Å². The summed E-state index contributed by atoms with van der Waals surface area (Å²) < 4.78 is 6.50. The molecular formula is C21H24BrClN2O3. The lowest BCUT2D eigenvalue weighted by Gasteiger charge is -2.28. The van der Waals surface area contributed by atoms with Crippen LogP contribution in [0, 0.1) is 0 Å². The predicted octanol–water partition coefficient (Wildman–Crippen LogP) is 4.21. The molecule has 2 aromatic carbocycles. The third-order valence-corrected chi connectivity index (χ3v) is 5.31. The summed E-state index contributed by atoms with van der Waals surface area (Å²) in [6.45, 7) is 3.88. The summed E-state index contributed by atoms with van der Waals surface area (Å²) in [5.41, 5.74) is 2.05. The smallest absolute Gasteiger partial charge is 0.261 e. The Morgan fingerprint density at radius 2 is 1.82 bits per heavy atom. The Kier molecular flexibility index (Phi) is 8.33. The lowest BCUT2D eigenvalue weighted by molar-refractivity contribution is -0.142. The van der Waals surface area contributed by atoms with Gasteiger partial charge in [-0.2, -0.15) is 0 Å². The monoisotopic (exact) mass is 466 g/mol. The van der Waals surface area contributed by atoms with Crippen LogP contribution in [0.2, 0.25) is 5.02 Å². The maximum atomic E-state index is 12.9. The van der Waals surface area contributed by atoms with E-state index < -0.39 is 6.04 Å². The quantitative estimate of drug-likeness (QED) is 0.633. The van der Waals surface area contributed by atoms with Gasteiger partial charge in [0.05, 0.1) is 4.47 Å². The number of nitrogens with zero attached hydrogens (tertiary/aromatic N) is 1. The number of halogens is 2. The van der Waals surface area contributed by atoms with Crippen LogP contribution < -0.4 is 10.1 Å². The van der Waals surface area contributed by atoms with Crippen LogP contribution in [-0.4, -0.2) is 36.4 Å². The van der Waals surface area contributed by atoms with E-state index in [-0.39, 0.29) is 25.0 Å². The predicted molar refractivity (Wildman–Crippen MR) is 115 cm³/mol. The van der Waals surface area contributed by atoms with Gasteiger partial charge in [0.1, 0.15) is 11.8 Å². The highest BCUT2D eigenvalue weighted by atomic mass is 79.9. The molecule has 2 amide bonds. The number of nitrogens with one attached hydrogen (secondary N) is 1. The van der Waals surface area contributed by atoms with Crippen LogP contribution in [-0.2, 0) is 22.6 Å². The van der Waals surface area contributed by atoms with E-state index in [1.165, 1.54) is 10.5 Å². The SMILES string of the molecule is CCc1ccc(OCC(=O)N(Cc2ccc(Cl)cc2)[C@@H](C)C(=O)NC)c(Br)c1. The highest BCUT2D eigenvalue weighted by Gasteiger charge is 2.26. The lowest BCUT2D eigenvalue weighted by atomic mass is 10.1. The molecule has 150 valence electrons. The van der Waals surface area contributed by atoms with E-state index in [4.69, 9.17) is 16.3 Å². The summed E-state index contributed by atoms with van der Waals surface area (Å²) in [4.78, 5) is 26.5. The van der Waals surface area contributed by atoms with Crippen molar-refractivity contribution in [3.63, 3.8) is 0 Å². The third-order valence-electron chi connectivity index (χ3n) is 4.44. The minimum atomic E-state index is -0.636. The van der Waals surface area contributed by atoms with Crippen LogP contribution in [0.1, 0.15) is 25.0 Å². The van der Waals surface area contributed by atoms with Gasteiger partial charge in [-0.3, -0.25) is 9.59 Å². The first-order valence-electron chi connectivity index (χ1n) is 9.02. The van der Waals surface area contributed by atoms with E-state index in [0.717, 1.165) is 16.5 Å². The molecular weight excluding hydrogens is 444 g/mol. The zero-order valence-corrected chi connectivity index (χ0v) is 18.5. The number of carbonyl (C=O) groups is 2. The topological polar surface area (TPSA) is 58.6 Å². The molecule has 0 heterocycles. The number of likely N-dealkylation sites (N-methyl/N-ethyl adjacent to an activating group) is 1. The standard InChI is InChI=1S/C21H24BrClN2O3/c1-4-15-7-10-19(18(22)11-15)28-13-20(26)25(14(2)21(27)24-3)12-16-5-8-17(23)9-6-16/h5-11,14H,4,12-13H2,1-3H3,(H,24,27)/t14-/m0/s1. The normalized spacial score (nSPS) is 11.6. The van der Waals surface area contributed by atoms with Crippen molar-refractivity contribution in [3.05, 3.63) is 63.1 Å². The molecule has 0 aliphatic heterocycles. The van der Waals surface area contributed by atoms with E-state index in [1.54, 1.807) is 26.1 Å². The Bertz CT molecular complexity index is 827. The lowest BCUT2D eigenvalue weighted by Crippen LogP contribution is -2.48. The largest absolute Gasteiger partial charge is 0.483 e. The molecule has 1 atom stereocenters. The molecule has 2 rings (SSSR count). The van der Waals surface area contributed by atoms with Gasteiger partial charge in [-0.15, -0.1) is 0 Å². The Hall–Kier alpha value is -2.05. The van der Waals surface area contributed by atoms with Crippen LogP contribution in [0.3, 0.4) is 0 Å². The highest BCUT2D eigenvalue weighted by molar-refractivity contribution is 9.10. The molecule has 5 nitrogen and oxygen atoms in total. The average Bonchev–Trinajstić information content (AvgIpc) is 2.70. The second-order valence-electron chi connectivity index (χ2n) is 6.35. The van der Waals surface area contributed by atoms with Crippen molar-refractivity contribution in [2.75, 3.05) is 13.7 Å². The van der Waals surface area contributed by atoms with Crippen molar-refractivity contribution in [2.45, 2.75) is 32.9 Å². The van der Waals surface area contributed by atoms with Crippen molar-refractivity contribution in [1.29, 1.82) is 0 Å². The van der Waals surface area contributed by atoms with Crippen LogP contribution in [0.5, 0.6) is 5.75 Å². The summed E-state index contributed by atoms with van der Waals surface area (Å²) in [6.07, 6.45) is 0.913. The fourth-order valence-corrected chi connectivity index (χ4v) is 3.35. The first-order valence-corrected chi connectivity index (χ1v) is 10.2. The molecule has 7 heteroatoms. The Morgan fingerprint density at radius 1 is 1.18 bits per heavy atom. The molecule has 2 aromatic rings. The fourth-order valence-electron chi connectivity index (χ4n) is 2.68. The molecule has 0 radical (unpaired) electrons. The number of hydrogen-bond acceptors (Lipinski definition) is 3. The van der Waals surface area contributed by atoms with Gasteiger partial charge in [0, 0.05) is 18.6 Å². The molecule has 0 unspecified atom stereocenters. The summed E-state index contributed by atoms with van der Waals surface area (Å²) >= 11 is 9.40. The average molecular weight is 468 g/mol. The van der Waals surface area contributed by atoms with Gasteiger partial charge in [0.15, 0.2) is 6.61 Å². The molecule has 0 fully saturated rings. The van der Waals surface area contributed by atoms with E-state index in [1.807, 2.05) is 30.3 Å². The molecule has 0 saturated carbocycles. The summed E-state index contributed by atoms with van der Waals surface area (Å²) in [5.74, 6) is 0.0675. The van der Waals surface area contributed by atoms with E-state index in [2.05, 4.69) is 28.2 Å². The first-order chi connectivity index (χ1) is 13.3. The van der Waals surface area contributed by atoms with Gasteiger partial charge < -0.3 is 15.0 Å². The van der Waals surface area contributed by atoms with Gasteiger partial charge in [0.2, 0.25) is 5.91 Å². The second-order valence-corrected chi connectivity index (χ2v) is 7.64. The zero-order chi connectivity index (χ0) is 20.7. The minimum absolute atomic E-state index is 0.168. The van der Waals surface area contributed by atoms with Crippen LogP contribution in [0.25, 0.3) is 0 Å². The first kappa shape index (κ1) is 22.2. The van der Waals surface area contributed by atoms with Crippen molar-refractivity contribution < 1.29 is 14.3 Å². The second kappa shape index (κ2) is 10.5. The number of ether oxygens (including phenoxy) is 1. The molecule has 0 aromatic heterocycles. The van der Waals surface area contributed by atoms with Crippen LogP contribution >= 0.6 is 27.5 Å². The molecule has 0 aliphatic rings. The van der Waals surface area contributed by atoms with E-state index >= 15 is 0 Å². The number of aryl methyl sites for hydroxylation is 1. The maximum Gasteiger partial charge on any atom is 0.261 e. The van der Waals surface area contributed by atoms with Gasteiger partial charge in [-0.1, -0.05) is 36.7 Å². The molecule has 28 heavy (non-hydrogen) atoms. The van der Waals surface area contributed by atoms with Gasteiger partial charge in [-0.05, 0) is 64.7 Å². The van der Waals surface area contributed by atoms with E-state index in [9.17, 15) is 9.59 Å². The van der Waals surface area contributed by atoms with Gasteiger partial charge in [0.25, 0.3) is 5.91 Å². The zero-order valence-electron chi connectivity index (χ0n) is 16.2. The summed E-state index contributed by atoms with van der Waals surface area (Å²) in [6, 6.07) is 12.3. The summed E-state index contributed by atoms with van der Waals surface area (Å²) in [7, 11) is 1.55. The van der Waals surface area contributed by atoms with Crippen LogP contribution in [0.15, 0.2) is 46.9 Å². The number of amides is 2. The molecule has 0 saturated heterocycles. The Balaban J connectivity index is 2.13. The highest BCUT2D eigenvalue weighted by Crippen LogP contribution is 2.26. The number of carbonyl (C=O) groups excluding carboxylic acids is 2. The van der Waals surface area contributed by atoms with Crippen molar-refractivity contribution in [2.24, 2.45) is 0 Å².